The third-order valence-corrected chi connectivity index (χ3v) is 3.19. The first-order valence-electron chi connectivity index (χ1n) is 6.80. The Labute approximate surface area is 106 Å². The highest BCUT2D eigenvalue weighted by Gasteiger charge is 2.20. The predicted molar refractivity (Wildman–Crippen MR) is 72.3 cm³/mol. The third kappa shape index (κ3) is 6.99. The number of rotatable bonds is 8. The Morgan fingerprint density at radius 3 is 2.53 bits per heavy atom. The summed E-state index contributed by atoms with van der Waals surface area (Å²) in [5.41, 5.74) is -0.628. The molecule has 0 spiro atoms. The molecule has 2 N–H and O–H groups in total. The van der Waals surface area contributed by atoms with Crippen molar-refractivity contribution in [2.24, 2.45) is 0 Å². The van der Waals surface area contributed by atoms with Crippen LogP contribution in [0.3, 0.4) is 0 Å². The van der Waals surface area contributed by atoms with Crippen LogP contribution in [-0.2, 0) is 0 Å². The van der Waals surface area contributed by atoms with Gasteiger partial charge in [-0.2, -0.15) is 0 Å². The quantitative estimate of drug-likeness (QED) is 0.604. The van der Waals surface area contributed by atoms with Gasteiger partial charge in [0.1, 0.15) is 0 Å². The molecule has 0 radical (unpaired) electrons. The van der Waals surface area contributed by atoms with Crippen molar-refractivity contribution in [2.45, 2.75) is 31.8 Å². The van der Waals surface area contributed by atoms with Gasteiger partial charge in [-0.05, 0) is 66.5 Å². The monoisotopic (exact) mass is 243 g/mol. The van der Waals surface area contributed by atoms with Gasteiger partial charge in [-0.25, -0.2) is 0 Å². The molecule has 1 rings (SSSR count). The van der Waals surface area contributed by atoms with Crippen LogP contribution in [0.1, 0.15) is 26.2 Å². The maximum atomic E-state index is 10.1. The summed E-state index contributed by atoms with van der Waals surface area (Å²) in [5, 5.41) is 13.4. The molecule has 0 aliphatic carbocycles. The van der Waals surface area contributed by atoms with E-state index in [1.807, 2.05) is 25.9 Å². The first-order valence-corrected chi connectivity index (χ1v) is 6.80. The molecule has 0 saturated carbocycles. The van der Waals surface area contributed by atoms with E-state index >= 15 is 0 Å². The number of likely N-dealkylation sites (tertiary alicyclic amines) is 1. The number of likely N-dealkylation sites (N-methyl/N-ethyl adjacent to an activating group) is 1. The van der Waals surface area contributed by atoms with E-state index in [1.54, 1.807) is 0 Å². The summed E-state index contributed by atoms with van der Waals surface area (Å²) in [6, 6.07) is 0. The van der Waals surface area contributed by atoms with Crippen LogP contribution < -0.4 is 5.32 Å². The van der Waals surface area contributed by atoms with Gasteiger partial charge in [0.05, 0.1) is 5.60 Å². The summed E-state index contributed by atoms with van der Waals surface area (Å²) in [4.78, 5) is 4.55. The Hall–Kier alpha value is -0.160. The van der Waals surface area contributed by atoms with Crippen LogP contribution in [0.25, 0.3) is 0 Å². The van der Waals surface area contributed by atoms with E-state index in [2.05, 4.69) is 10.2 Å². The minimum Gasteiger partial charge on any atom is -0.388 e. The van der Waals surface area contributed by atoms with Gasteiger partial charge in [-0.3, -0.25) is 0 Å². The second kappa shape index (κ2) is 7.31. The highest BCUT2D eigenvalue weighted by atomic mass is 16.3. The summed E-state index contributed by atoms with van der Waals surface area (Å²) in [6.45, 7) is 8.01. The molecule has 0 aromatic heterocycles. The van der Waals surface area contributed by atoms with Crippen LogP contribution in [0, 0.1) is 0 Å². The molecule has 1 atom stereocenters. The first-order chi connectivity index (χ1) is 7.99. The molecular weight excluding hydrogens is 214 g/mol. The van der Waals surface area contributed by atoms with Crippen molar-refractivity contribution in [1.29, 1.82) is 0 Å². The van der Waals surface area contributed by atoms with Gasteiger partial charge in [0, 0.05) is 13.1 Å². The van der Waals surface area contributed by atoms with E-state index in [0.717, 1.165) is 6.54 Å². The summed E-state index contributed by atoms with van der Waals surface area (Å²) < 4.78 is 0. The lowest BCUT2D eigenvalue weighted by molar-refractivity contribution is 0.0338. The van der Waals surface area contributed by atoms with E-state index in [1.165, 1.54) is 38.9 Å². The fraction of sp³-hybridized carbons (Fsp3) is 1.00. The van der Waals surface area contributed by atoms with E-state index < -0.39 is 5.60 Å². The Bertz CT molecular complexity index is 201. The van der Waals surface area contributed by atoms with Crippen LogP contribution in [0.5, 0.6) is 0 Å². The molecule has 102 valence electrons. The summed E-state index contributed by atoms with van der Waals surface area (Å²) in [7, 11) is 3.98. The molecule has 1 heterocycles. The smallest absolute Gasteiger partial charge is 0.0869 e. The lowest BCUT2D eigenvalue weighted by Gasteiger charge is -2.27. The number of hydrogen-bond acceptors (Lipinski definition) is 4. The van der Waals surface area contributed by atoms with Crippen molar-refractivity contribution >= 4 is 0 Å². The van der Waals surface area contributed by atoms with E-state index in [-0.39, 0.29) is 0 Å². The van der Waals surface area contributed by atoms with Crippen LogP contribution in [-0.4, -0.2) is 73.9 Å². The van der Waals surface area contributed by atoms with Gasteiger partial charge >= 0.3 is 0 Å². The molecule has 0 bridgehead atoms. The summed E-state index contributed by atoms with van der Waals surface area (Å²) >= 11 is 0. The molecule has 17 heavy (non-hydrogen) atoms. The van der Waals surface area contributed by atoms with Gasteiger partial charge < -0.3 is 20.2 Å². The largest absolute Gasteiger partial charge is 0.388 e. The number of nitrogens with one attached hydrogen (secondary N) is 1. The average molecular weight is 243 g/mol. The number of hydrogen-bond donors (Lipinski definition) is 2. The molecule has 4 nitrogen and oxygen atoms in total. The lowest BCUT2D eigenvalue weighted by atomic mass is 10.1. The van der Waals surface area contributed by atoms with Crippen LogP contribution in [0.2, 0.25) is 0 Å². The minimum absolute atomic E-state index is 0.628. The second-order valence-electron chi connectivity index (χ2n) is 5.81. The highest BCUT2D eigenvalue weighted by molar-refractivity contribution is 4.78. The topological polar surface area (TPSA) is 38.7 Å². The molecule has 1 fully saturated rings. The zero-order chi connectivity index (χ0) is 12.7. The van der Waals surface area contributed by atoms with Crippen molar-refractivity contribution in [1.82, 2.24) is 15.1 Å². The average Bonchev–Trinajstić information content (AvgIpc) is 2.67. The molecule has 0 aromatic carbocycles. The zero-order valence-electron chi connectivity index (χ0n) is 11.7. The Balaban J connectivity index is 1.99. The Kier molecular flexibility index (Phi) is 6.41. The van der Waals surface area contributed by atoms with Gasteiger partial charge in [0.2, 0.25) is 0 Å². The molecule has 1 aliphatic heterocycles. The van der Waals surface area contributed by atoms with Crippen molar-refractivity contribution in [3.63, 3.8) is 0 Å². The molecule has 1 aliphatic rings. The fourth-order valence-corrected chi connectivity index (χ4v) is 2.53. The number of aliphatic hydroxyl groups is 1. The number of nitrogens with zero attached hydrogens (tertiary/aromatic N) is 2. The highest BCUT2D eigenvalue weighted by Crippen LogP contribution is 2.07. The van der Waals surface area contributed by atoms with Gasteiger partial charge in [-0.15, -0.1) is 0 Å². The van der Waals surface area contributed by atoms with E-state index in [0.29, 0.717) is 13.1 Å². The Morgan fingerprint density at radius 2 is 1.94 bits per heavy atom. The van der Waals surface area contributed by atoms with E-state index in [9.17, 15) is 5.11 Å². The molecule has 4 heteroatoms. The summed E-state index contributed by atoms with van der Waals surface area (Å²) in [6.07, 6.45) is 3.91. The minimum atomic E-state index is -0.628. The molecular formula is C13H29N3O. The van der Waals surface area contributed by atoms with Gasteiger partial charge in [-0.1, -0.05) is 0 Å². The molecule has 1 saturated heterocycles. The van der Waals surface area contributed by atoms with Gasteiger partial charge in [0.15, 0.2) is 0 Å². The van der Waals surface area contributed by atoms with E-state index in [4.69, 9.17) is 0 Å². The predicted octanol–water partition coefficient (Wildman–Crippen LogP) is 0.375. The summed E-state index contributed by atoms with van der Waals surface area (Å²) in [5.74, 6) is 0. The standard InChI is InChI=1S/C13H29N3O/c1-13(17,12-15(2)3)11-14-7-6-10-16-8-4-5-9-16/h14,17H,4-12H2,1-3H3. The third-order valence-electron chi connectivity index (χ3n) is 3.19. The maximum absolute atomic E-state index is 10.1. The molecule has 0 amide bonds. The zero-order valence-corrected chi connectivity index (χ0v) is 11.7. The normalized spacial score (nSPS) is 21.0. The SMILES string of the molecule is CN(C)CC(C)(O)CNCCCN1CCCC1. The van der Waals surface area contributed by atoms with Crippen LogP contribution in [0.4, 0.5) is 0 Å². The molecule has 0 aromatic rings. The first kappa shape index (κ1) is 14.9. The van der Waals surface area contributed by atoms with Crippen molar-refractivity contribution in [3.05, 3.63) is 0 Å². The van der Waals surface area contributed by atoms with Crippen molar-refractivity contribution < 1.29 is 5.11 Å². The van der Waals surface area contributed by atoms with Crippen molar-refractivity contribution in [3.8, 4) is 0 Å². The maximum Gasteiger partial charge on any atom is 0.0869 e. The lowest BCUT2D eigenvalue weighted by Crippen LogP contribution is -2.46. The molecule has 1 unspecified atom stereocenters. The van der Waals surface area contributed by atoms with Crippen molar-refractivity contribution in [2.75, 3.05) is 53.4 Å². The fourth-order valence-electron chi connectivity index (χ4n) is 2.53. The van der Waals surface area contributed by atoms with Crippen LogP contribution in [0.15, 0.2) is 0 Å². The second-order valence-corrected chi connectivity index (χ2v) is 5.81. The van der Waals surface area contributed by atoms with Crippen LogP contribution >= 0.6 is 0 Å². The van der Waals surface area contributed by atoms with Gasteiger partial charge in [0.25, 0.3) is 0 Å². The Morgan fingerprint density at radius 1 is 1.29 bits per heavy atom.